The second-order valence-electron chi connectivity index (χ2n) is 6.10. The summed E-state index contributed by atoms with van der Waals surface area (Å²) < 4.78 is 13.1. The van der Waals surface area contributed by atoms with Gasteiger partial charge < -0.3 is 9.47 Å². The quantitative estimate of drug-likeness (QED) is 0.541. The van der Waals surface area contributed by atoms with E-state index in [1.165, 1.54) is 6.42 Å². The van der Waals surface area contributed by atoms with E-state index < -0.39 is 5.97 Å². The molecule has 1 aromatic rings. The van der Waals surface area contributed by atoms with E-state index in [1.807, 2.05) is 19.2 Å². The average Bonchev–Trinajstić information content (AvgIpc) is 2.99. The average molecular weight is 353 g/mol. The number of esters is 1. The number of carbonyl (C=O) groups excluding carboxylic acids is 1. The maximum Gasteiger partial charge on any atom is 0.376 e. The molecule has 1 aliphatic heterocycles. The van der Waals surface area contributed by atoms with Crippen LogP contribution in [-0.4, -0.2) is 21.9 Å². The van der Waals surface area contributed by atoms with Crippen LogP contribution in [0.1, 0.15) is 63.6 Å². The molecule has 2 heterocycles. The molecule has 6 heteroatoms. The van der Waals surface area contributed by atoms with Gasteiger partial charge in [0.25, 0.3) is 0 Å². The predicted molar refractivity (Wildman–Crippen MR) is 95.4 cm³/mol. The van der Waals surface area contributed by atoms with Crippen LogP contribution in [0, 0.1) is 0 Å². The second kappa shape index (κ2) is 8.38. The fourth-order valence-electron chi connectivity index (χ4n) is 3.02. The number of nitrogens with zero attached hydrogens (tertiary/aromatic N) is 2. The van der Waals surface area contributed by atoms with Gasteiger partial charge in [-0.1, -0.05) is 26.7 Å². The van der Waals surface area contributed by atoms with Crippen LogP contribution in [-0.2, 0) is 20.7 Å². The first-order valence-corrected chi connectivity index (χ1v) is 8.60. The third-order valence-electron chi connectivity index (χ3n) is 4.37. The highest BCUT2D eigenvalue weighted by Crippen LogP contribution is 2.33. The van der Waals surface area contributed by atoms with E-state index in [9.17, 15) is 4.79 Å². The van der Waals surface area contributed by atoms with E-state index in [0.29, 0.717) is 0 Å². The number of carbonyl (C=O) groups is 1. The molecule has 1 aliphatic carbocycles. The Kier molecular flexibility index (Phi) is 6.49. The summed E-state index contributed by atoms with van der Waals surface area (Å²) in [6.45, 7) is 4.21. The summed E-state index contributed by atoms with van der Waals surface area (Å²) in [6, 6.07) is 0. The SMILES string of the molecule is CCCCCC(CC)OC(=O)C1=Cn2ncc3c2C(=CCC3)O1.Cl. The highest BCUT2D eigenvalue weighted by molar-refractivity contribution is 5.92. The fourth-order valence-corrected chi connectivity index (χ4v) is 3.02. The van der Waals surface area contributed by atoms with Crippen LogP contribution in [0.15, 0.2) is 18.0 Å². The van der Waals surface area contributed by atoms with Crippen LogP contribution in [0.4, 0.5) is 0 Å². The minimum absolute atomic E-state index is 0. The molecule has 0 bridgehead atoms. The minimum atomic E-state index is -0.400. The first kappa shape index (κ1) is 18.6. The molecule has 0 saturated heterocycles. The molecule has 1 unspecified atom stereocenters. The zero-order valence-corrected chi connectivity index (χ0v) is 15.1. The number of hydrogen-bond acceptors (Lipinski definition) is 4. The van der Waals surface area contributed by atoms with Crippen molar-refractivity contribution in [3.8, 4) is 0 Å². The Morgan fingerprint density at radius 2 is 2.25 bits per heavy atom. The van der Waals surface area contributed by atoms with Crippen molar-refractivity contribution in [2.24, 2.45) is 0 Å². The largest absolute Gasteiger partial charge is 0.456 e. The lowest BCUT2D eigenvalue weighted by atomic mass is 10.0. The Balaban J connectivity index is 0.00000208. The molecule has 0 fully saturated rings. The van der Waals surface area contributed by atoms with Crippen molar-refractivity contribution in [3.63, 3.8) is 0 Å². The van der Waals surface area contributed by atoms with Crippen LogP contribution >= 0.6 is 12.4 Å². The van der Waals surface area contributed by atoms with Crippen molar-refractivity contribution in [3.05, 3.63) is 29.3 Å². The maximum absolute atomic E-state index is 12.4. The Morgan fingerprint density at radius 3 is 3.00 bits per heavy atom. The number of halogens is 1. The first-order valence-electron chi connectivity index (χ1n) is 8.60. The molecule has 1 aromatic heterocycles. The number of ether oxygens (including phenoxy) is 2. The number of aromatic nitrogens is 2. The molecule has 0 aromatic carbocycles. The number of rotatable bonds is 7. The summed E-state index contributed by atoms with van der Waals surface area (Å²) in [4.78, 5) is 12.4. The van der Waals surface area contributed by atoms with E-state index in [4.69, 9.17) is 9.47 Å². The van der Waals surface area contributed by atoms with Gasteiger partial charge in [0.1, 0.15) is 17.6 Å². The molecule has 24 heavy (non-hydrogen) atoms. The molecule has 3 rings (SSSR count). The lowest BCUT2D eigenvalue weighted by Gasteiger charge is -2.23. The van der Waals surface area contributed by atoms with Crippen molar-refractivity contribution in [2.75, 3.05) is 0 Å². The van der Waals surface area contributed by atoms with Crippen LogP contribution < -0.4 is 0 Å². The van der Waals surface area contributed by atoms with Crippen molar-refractivity contribution in [1.82, 2.24) is 9.78 Å². The van der Waals surface area contributed by atoms with Crippen molar-refractivity contribution >= 4 is 30.3 Å². The summed E-state index contributed by atoms with van der Waals surface area (Å²) in [6.07, 6.45) is 12.4. The van der Waals surface area contributed by atoms with Crippen LogP contribution in [0.5, 0.6) is 0 Å². The minimum Gasteiger partial charge on any atom is -0.456 e. The van der Waals surface area contributed by atoms with Gasteiger partial charge in [-0.05, 0) is 38.2 Å². The second-order valence-corrected chi connectivity index (χ2v) is 6.10. The molecule has 5 nitrogen and oxygen atoms in total. The van der Waals surface area contributed by atoms with Gasteiger partial charge in [0.2, 0.25) is 5.76 Å². The zero-order valence-electron chi connectivity index (χ0n) is 14.3. The predicted octanol–water partition coefficient (Wildman–Crippen LogP) is 4.32. The highest BCUT2D eigenvalue weighted by Gasteiger charge is 2.29. The number of unbranched alkanes of at least 4 members (excludes halogenated alkanes) is 2. The standard InChI is InChI=1S/C18H24N2O3.ClH/c1-3-5-6-9-14(4-2)22-18(21)16-12-20-17-13(11-19-20)8-7-10-15(17)23-16;/h10-12,14H,3-9H2,1-2H3;1H. The van der Waals surface area contributed by atoms with Gasteiger partial charge in [0.05, 0.1) is 12.4 Å². The normalized spacial score (nSPS) is 16.1. The molecule has 2 aliphatic rings. The third kappa shape index (κ3) is 3.83. The van der Waals surface area contributed by atoms with Gasteiger partial charge in [0.15, 0.2) is 0 Å². The number of allylic oxidation sites excluding steroid dienone is 1. The first-order chi connectivity index (χ1) is 11.2. The summed E-state index contributed by atoms with van der Waals surface area (Å²) in [7, 11) is 0. The number of aryl methyl sites for hydroxylation is 1. The van der Waals surface area contributed by atoms with Gasteiger partial charge in [0, 0.05) is 5.56 Å². The molecule has 0 amide bonds. The topological polar surface area (TPSA) is 53.4 Å². The fraction of sp³-hybridized carbons (Fsp3) is 0.556. The Morgan fingerprint density at radius 1 is 1.42 bits per heavy atom. The van der Waals surface area contributed by atoms with Crippen LogP contribution in [0.2, 0.25) is 0 Å². The zero-order chi connectivity index (χ0) is 16.2. The molecule has 0 N–H and O–H groups in total. The smallest absolute Gasteiger partial charge is 0.376 e. The Bertz CT molecular complexity index is 649. The summed E-state index contributed by atoms with van der Waals surface area (Å²) in [5.74, 6) is 0.536. The van der Waals surface area contributed by atoms with Crippen molar-refractivity contribution in [1.29, 1.82) is 0 Å². The molecule has 0 radical (unpaired) electrons. The van der Waals surface area contributed by atoms with Gasteiger partial charge in [-0.3, -0.25) is 0 Å². The Labute approximate surface area is 149 Å². The van der Waals surface area contributed by atoms with Crippen molar-refractivity contribution in [2.45, 2.75) is 64.9 Å². The van der Waals surface area contributed by atoms with Crippen LogP contribution in [0.3, 0.4) is 0 Å². The number of hydrogen-bond donors (Lipinski definition) is 0. The lowest BCUT2D eigenvalue weighted by molar-refractivity contribution is -0.147. The third-order valence-corrected chi connectivity index (χ3v) is 4.37. The molecule has 0 spiro atoms. The van der Waals surface area contributed by atoms with E-state index >= 15 is 0 Å². The molecule has 132 valence electrons. The monoisotopic (exact) mass is 352 g/mol. The molecular formula is C18H25ClN2O3. The van der Waals surface area contributed by atoms with Crippen molar-refractivity contribution < 1.29 is 14.3 Å². The van der Waals surface area contributed by atoms with Gasteiger partial charge in [-0.25, -0.2) is 9.48 Å². The van der Waals surface area contributed by atoms with E-state index in [0.717, 1.165) is 55.5 Å². The van der Waals surface area contributed by atoms with E-state index in [2.05, 4.69) is 12.0 Å². The van der Waals surface area contributed by atoms with Gasteiger partial charge in [-0.2, -0.15) is 5.10 Å². The van der Waals surface area contributed by atoms with E-state index in [-0.39, 0.29) is 24.3 Å². The molecule has 1 atom stereocenters. The van der Waals surface area contributed by atoms with Crippen LogP contribution in [0.25, 0.3) is 12.0 Å². The van der Waals surface area contributed by atoms with Gasteiger partial charge in [-0.15, -0.1) is 12.4 Å². The van der Waals surface area contributed by atoms with E-state index in [1.54, 1.807) is 10.9 Å². The summed E-state index contributed by atoms with van der Waals surface area (Å²) >= 11 is 0. The Hall–Kier alpha value is -1.75. The maximum atomic E-state index is 12.4. The molecular weight excluding hydrogens is 328 g/mol. The van der Waals surface area contributed by atoms with Gasteiger partial charge >= 0.3 is 5.97 Å². The highest BCUT2D eigenvalue weighted by atomic mass is 35.5. The lowest BCUT2D eigenvalue weighted by Crippen LogP contribution is -2.22. The summed E-state index contributed by atoms with van der Waals surface area (Å²) in [5, 5.41) is 4.32. The summed E-state index contributed by atoms with van der Waals surface area (Å²) in [5.41, 5.74) is 2.12. The molecule has 0 saturated carbocycles.